The van der Waals surface area contributed by atoms with Crippen LogP contribution >= 0.6 is 0 Å². The number of hydrogen-bond acceptors (Lipinski definition) is 6. The number of rotatable bonds is 3. The summed E-state index contributed by atoms with van der Waals surface area (Å²) >= 11 is 0. The van der Waals surface area contributed by atoms with Crippen molar-refractivity contribution in [3.05, 3.63) is 42.5 Å². The van der Waals surface area contributed by atoms with E-state index in [2.05, 4.69) is 5.48 Å². The summed E-state index contributed by atoms with van der Waals surface area (Å²) < 4.78 is 0. The van der Waals surface area contributed by atoms with Gasteiger partial charge in [-0.3, -0.25) is 14.8 Å². The molecule has 1 aliphatic heterocycles. The summed E-state index contributed by atoms with van der Waals surface area (Å²) in [5.41, 5.74) is 2.92. The zero-order valence-corrected chi connectivity index (χ0v) is 11.9. The highest BCUT2D eigenvalue weighted by Crippen LogP contribution is 2.23. The van der Waals surface area contributed by atoms with Crippen LogP contribution in [0.15, 0.2) is 42.5 Å². The van der Waals surface area contributed by atoms with Gasteiger partial charge in [0.1, 0.15) is 0 Å². The monoisotopic (exact) mass is 315 g/mol. The van der Waals surface area contributed by atoms with Crippen molar-refractivity contribution in [2.45, 2.75) is 12.8 Å². The first kappa shape index (κ1) is 14.8. The predicted octanol–water partition coefficient (Wildman–Crippen LogP) is 2.06. The third kappa shape index (κ3) is 2.79. The molecule has 0 saturated carbocycles. The largest absolute Gasteiger partial charge is 0.478 e. The highest BCUT2D eigenvalue weighted by atomic mass is 16.7. The van der Waals surface area contributed by atoms with Gasteiger partial charge < -0.3 is 4.84 Å². The molecule has 0 spiro atoms. The lowest BCUT2D eigenvalue weighted by Gasteiger charge is -2.22. The molecule has 0 radical (unpaired) electrons. The van der Waals surface area contributed by atoms with Gasteiger partial charge in [0.05, 0.1) is 5.69 Å². The average Bonchev–Trinajstić information content (AvgIpc) is 2.90. The molecule has 0 aliphatic carbocycles. The predicted molar refractivity (Wildman–Crippen MR) is 78.8 cm³/mol. The molecule has 2 aromatic rings. The number of carbonyl (C=O) groups is 3. The normalized spacial score (nSPS) is 14.2. The SMILES string of the molecule is O=C(ONc1cccc2ccccc12)N(O)N1C(=O)CCC1=O. The second kappa shape index (κ2) is 5.93. The quantitative estimate of drug-likeness (QED) is 0.511. The lowest BCUT2D eigenvalue weighted by atomic mass is 10.1. The lowest BCUT2D eigenvalue weighted by Crippen LogP contribution is -2.47. The highest BCUT2D eigenvalue weighted by Gasteiger charge is 2.37. The van der Waals surface area contributed by atoms with E-state index < -0.39 is 17.9 Å². The van der Waals surface area contributed by atoms with Gasteiger partial charge in [0.15, 0.2) is 0 Å². The molecule has 3 amide bonds. The third-order valence-electron chi connectivity index (χ3n) is 3.42. The topological polar surface area (TPSA) is 99.2 Å². The molecule has 3 rings (SSSR count). The van der Waals surface area contributed by atoms with Crippen molar-refractivity contribution < 1.29 is 24.4 Å². The first-order chi connectivity index (χ1) is 11.1. The Morgan fingerprint density at radius 3 is 2.48 bits per heavy atom. The Balaban J connectivity index is 1.71. The molecule has 2 N–H and O–H groups in total. The van der Waals surface area contributed by atoms with Crippen LogP contribution in [0.5, 0.6) is 0 Å². The van der Waals surface area contributed by atoms with Crippen LogP contribution in [-0.2, 0) is 14.4 Å². The van der Waals surface area contributed by atoms with E-state index in [0.29, 0.717) is 10.7 Å². The number of imide groups is 1. The first-order valence-electron chi connectivity index (χ1n) is 6.87. The molecule has 0 bridgehead atoms. The van der Waals surface area contributed by atoms with Crippen LogP contribution in [0.2, 0.25) is 0 Å². The third-order valence-corrected chi connectivity index (χ3v) is 3.42. The fraction of sp³-hybridized carbons (Fsp3) is 0.133. The van der Waals surface area contributed by atoms with Crippen LogP contribution in [0.1, 0.15) is 12.8 Å². The zero-order valence-electron chi connectivity index (χ0n) is 11.9. The van der Waals surface area contributed by atoms with Gasteiger partial charge in [0.25, 0.3) is 11.8 Å². The van der Waals surface area contributed by atoms with Crippen LogP contribution in [0.3, 0.4) is 0 Å². The van der Waals surface area contributed by atoms with Crippen LogP contribution in [0.25, 0.3) is 10.8 Å². The summed E-state index contributed by atoms with van der Waals surface area (Å²) in [7, 11) is 0. The van der Waals surface area contributed by atoms with Gasteiger partial charge >= 0.3 is 6.09 Å². The van der Waals surface area contributed by atoms with E-state index in [-0.39, 0.29) is 18.0 Å². The minimum Gasteiger partial charge on any atom is -0.321 e. The Morgan fingerprint density at radius 2 is 1.74 bits per heavy atom. The molecule has 2 aromatic carbocycles. The molecule has 1 aliphatic rings. The maximum absolute atomic E-state index is 11.8. The number of nitrogens with zero attached hydrogens (tertiary/aromatic N) is 2. The number of hydrogen-bond donors (Lipinski definition) is 2. The molecular formula is C15H13N3O5. The lowest BCUT2D eigenvalue weighted by molar-refractivity contribution is -0.210. The Hall–Kier alpha value is -3.13. The first-order valence-corrected chi connectivity index (χ1v) is 6.87. The van der Waals surface area contributed by atoms with Gasteiger partial charge in [0.2, 0.25) is 0 Å². The van der Waals surface area contributed by atoms with E-state index in [0.717, 1.165) is 10.8 Å². The smallest absolute Gasteiger partial charge is 0.321 e. The number of benzene rings is 2. The van der Waals surface area contributed by atoms with E-state index in [9.17, 15) is 19.6 Å². The highest BCUT2D eigenvalue weighted by molar-refractivity contribution is 6.02. The number of hydrazine groups is 1. The molecule has 0 unspecified atom stereocenters. The van der Waals surface area contributed by atoms with Gasteiger partial charge in [-0.1, -0.05) is 41.6 Å². The molecule has 8 nitrogen and oxygen atoms in total. The Kier molecular flexibility index (Phi) is 3.82. The van der Waals surface area contributed by atoms with Crippen LogP contribution in [0, 0.1) is 0 Å². The molecular weight excluding hydrogens is 302 g/mol. The number of carbonyl (C=O) groups excluding carboxylic acids is 3. The summed E-state index contributed by atoms with van der Waals surface area (Å²) in [5, 5.41) is 11.6. The van der Waals surface area contributed by atoms with E-state index in [1.165, 1.54) is 0 Å². The fourth-order valence-corrected chi connectivity index (χ4v) is 2.31. The minimum absolute atomic E-state index is 0.0556. The maximum atomic E-state index is 11.8. The van der Waals surface area contributed by atoms with Gasteiger partial charge in [0, 0.05) is 18.2 Å². The molecule has 1 heterocycles. The Morgan fingerprint density at radius 1 is 1.09 bits per heavy atom. The van der Waals surface area contributed by atoms with Crippen molar-refractivity contribution in [3.63, 3.8) is 0 Å². The minimum atomic E-state index is -1.29. The van der Waals surface area contributed by atoms with Crippen molar-refractivity contribution >= 4 is 34.4 Å². The standard InChI is InChI=1S/C15H13N3O5/c19-13-8-9-14(20)17(13)18(22)15(21)23-16-12-7-3-5-10-4-1-2-6-11(10)12/h1-7,16,22H,8-9H2. The summed E-state index contributed by atoms with van der Waals surface area (Å²) in [5.74, 6) is -1.33. The number of hydroxylamine groups is 1. The van der Waals surface area contributed by atoms with E-state index in [1.807, 2.05) is 30.3 Å². The maximum Gasteiger partial charge on any atom is 0.478 e. The van der Waals surface area contributed by atoms with E-state index >= 15 is 0 Å². The Labute approximate surface area is 130 Å². The number of amides is 3. The van der Waals surface area contributed by atoms with E-state index in [1.54, 1.807) is 12.1 Å². The van der Waals surface area contributed by atoms with Crippen molar-refractivity contribution in [1.29, 1.82) is 0 Å². The van der Waals surface area contributed by atoms with Gasteiger partial charge in [-0.25, -0.2) is 10.3 Å². The van der Waals surface area contributed by atoms with Gasteiger partial charge in [-0.2, -0.15) is 5.01 Å². The average molecular weight is 315 g/mol. The van der Waals surface area contributed by atoms with Crippen LogP contribution in [0.4, 0.5) is 10.5 Å². The van der Waals surface area contributed by atoms with Crippen molar-refractivity contribution in [1.82, 2.24) is 10.2 Å². The molecule has 23 heavy (non-hydrogen) atoms. The van der Waals surface area contributed by atoms with Crippen molar-refractivity contribution in [2.75, 3.05) is 5.48 Å². The van der Waals surface area contributed by atoms with Crippen LogP contribution < -0.4 is 5.48 Å². The number of anilines is 1. The molecule has 118 valence electrons. The van der Waals surface area contributed by atoms with Crippen molar-refractivity contribution in [2.24, 2.45) is 0 Å². The second-order valence-corrected chi connectivity index (χ2v) is 4.89. The van der Waals surface area contributed by atoms with Crippen molar-refractivity contribution in [3.8, 4) is 0 Å². The molecule has 1 saturated heterocycles. The summed E-state index contributed by atoms with van der Waals surface area (Å²) in [4.78, 5) is 39.4. The molecule has 8 heteroatoms. The van der Waals surface area contributed by atoms with Gasteiger partial charge in [-0.15, -0.1) is 0 Å². The number of nitrogens with one attached hydrogen (secondary N) is 1. The van der Waals surface area contributed by atoms with Gasteiger partial charge in [-0.05, 0) is 11.5 Å². The summed E-state index contributed by atoms with van der Waals surface area (Å²) in [6.45, 7) is 0. The summed E-state index contributed by atoms with van der Waals surface area (Å²) in [6.07, 6.45) is -1.40. The van der Waals surface area contributed by atoms with E-state index in [4.69, 9.17) is 4.84 Å². The molecule has 0 atom stereocenters. The second-order valence-electron chi connectivity index (χ2n) is 4.89. The summed E-state index contributed by atoms with van der Waals surface area (Å²) in [6, 6.07) is 12.8. The molecule has 0 aromatic heterocycles. The fourth-order valence-electron chi connectivity index (χ4n) is 2.31. The Bertz CT molecular complexity index is 770. The van der Waals surface area contributed by atoms with Crippen LogP contribution in [-0.4, -0.2) is 33.3 Å². The number of fused-ring (bicyclic) bond motifs is 1. The zero-order chi connectivity index (χ0) is 16.4. The molecule has 1 fully saturated rings.